The molecule has 0 fully saturated rings. The Balaban J connectivity index is 2.00. The predicted molar refractivity (Wildman–Crippen MR) is 81.3 cm³/mol. The van der Waals surface area contributed by atoms with E-state index in [1.54, 1.807) is 13.8 Å². The summed E-state index contributed by atoms with van der Waals surface area (Å²) in [6, 6.07) is 5.79. The number of hydrogen-bond acceptors (Lipinski definition) is 4. The van der Waals surface area contributed by atoms with E-state index in [1.165, 1.54) is 5.56 Å². The first-order valence-electron chi connectivity index (χ1n) is 7.02. The summed E-state index contributed by atoms with van der Waals surface area (Å²) < 4.78 is 23.0. The molecule has 0 aromatic heterocycles. The molecular weight excluding hydrogens is 274 g/mol. The molecule has 0 spiro atoms. The third kappa shape index (κ3) is 3.39. The minimum Gasteiger partial charge on any atom is -0.371 e. The van der Waals surface area contributed by atoms with E-state index in [2.05, 4.69) is 4.90 Å². The Hall–Kier alpha value is -1.36. The number of hydrogen-bond donors (Lipinski definition) is 0. The summed E-state index contributed by atoms with van der Waals surface area (Å²) in [4.78, 5) is 13.6. The van der Waals surface area contributed by atoms with Crippen molar-refractivity contribution in [1.82, 2.24) is 0 Å². The number of sulfone groups is 1. The van der Waals surface area contributed by atoms with Crippen molar-refractivity contribution in [3.8, 4) is 0 Å². The van der Waals surface area contributed by atoms with E-state index in [-0.39, 0.29) is 17.3 Å². The highest BCUT2D eigenvalue weighted by Gasteiger charge is 2.20. The van der Waals surface area contributed by atoms with Gasteiger partial charge in [-0.3, -0.25) is 4.79 Å². The van der Waals surface area contributed by atoms with Crippen molar-refractivity contribution in [3.05, 3.63) is 29.3 Å². The Morgan fingerprint density at radius 2 is 2.10 bits per heavy atom. The van der Waals surface area contributed by atoms with Crippen molar-refractivity contribution < 1.29 is 13.2 Å². The molecule has 0 bridgehead atoms. The Morgan fingerprint density at radius 1 is 1.35 bits per heavy atom. The van der Waals surface area contributed by atoms with E-state index in [0.29, 0.717) is 6.42 Å². The fraction of sp³-hybridized carbons (Fsp3) is 0.533. The molecule has 2 rings (SSSR count). The molecule has 20 heavy (non-hydrogen) atoms. The van der Waals surface area contributed by atoms with Gasteiger partial charge in [0.15, 0.2) is 5.78 Å². The Kier molecular flexibility index (Phi) is 4.48. The number of fused-ring (bicyclic) bond motifs is 1. The third-order valence-corrected chi connectivity index (χ3v) is 5.59. The van der Waals surface area contributed by atoms with Crippen LogP contribution in [0.15, 0.2) is 18.2 Å². The number of nitrogens with zero attached hydrogens (tertiary/aromatic N) is 1. The van der Waals surface area contributed by atoms with Gasteiger partial charge < -0.3 is 4.90 Å². The summed E-state index contributed by atoms with van der Waals surface area (Å²) in [6.07, 6.45) is 1.58. The number of ketones is 1. The largest absolute Gasteiger partial charge is 0.371 e. The van der Waals surface area contributed by atoms with E-state index in [0.717, 1.165) is 30.8 Å². The van der Waals surface area contributed by atoms with Crippen LogP contribution in [0.5, 0.6) is 0 Å². The first-order valence-corrected chi connectivity index (χ1v) is 8.84. The van der Waals surface area contributed by atoms with Crippen LogP contribution in [0.1, 0.15) is 36.2 Å². The molecule has 1 heterocycles. The maximum Gasteiger partial charge on any atom is 0.159 e. The quantitative estimate of drug-likeness (QED) is 0.754. The van der Waals surface area contributed by atoms with E-state index in [9.17, 15) is 13.2 Å². The molecule has 1 aromatic carbocycles. The lowest BCUT2D eigenvalue weighted by molar-refractivity contribution is 0.101. The highest BCUT2D eigenvalue weighted by molar-refractivity contribution is 7.91. The molecule has 0 radical (unpaired) electrons. The normalized spacial score (nSPS) is 14.4. The molecule has 0 saturated carbocycles. The Morgan fingerprint density at radius 3 is 2.75 bits per heavy atom. The molecule has 0 N–H and O–H groups in total. The first-order chi connectivity index (χ1) is 9.43. The third-order valence-electron chi connectivity index (χ3n) is 3.80. The van der Waals surface area contributed by atoms with Crippen LogP contribution in [0.2, 0.25) is 0 Å². The molecule has 110 valence electrons. The van der Waals surface area contributed by atoms with Gasteiger partial charge in [0.1, 0.15) is 9.84 Å². The Bertz CT molecular complexity index is 608. The summed E-state index contributed by atoms with van der Waals surface area (Å²) in [5.41, 5.74) is 3.08. The van der Waals surface area contributed by atoms with E-state index in [4.69, 9.17) is 0 Å². The number of carbonyl (C=O) groups is 1. The number of anilines is 1. The summed E-state index contributed by atoms with van der Waals surface area (Å²) in [5, 5.41) is 0. The van der Waals surface area contributed by atoms with Gasteiger partial charge in [0.2, 0.25) is 0 Å². The van der Waals surface area contributed by atoms with Crippen molar-refractivity contribution >= 4 is 21.3 Å². The minimum absolute atomic E-state index is 0.0836. The van der Waals surface area contributed by atoms with Crippen LogP contribution >= 0.6 is 0 Å². The number of Topliss-reactive ketones (excluding diaryl/α,β-unsaturated/α-hetero) is 1. The standard InChI is InChI=1S/C15H21NO3S/c1-3-20(18,19)10-4-8-16-9-7-14-11-13(12(2)17)5-6-15(14)16/h5-6,11H,3-4,7-10H2,1-2H3. The number of carbonyl (C=O) groups excluding carboxylic acids is 1. The predicted octanol–water partition coefficient (Wildman–Crippen LogP) is 2.08. The lowest BCUT2D eigenvalue weighted by Gasteiger charge is -2.19. The smallest absolute Gasteiger partial charge is 0.159 e. The van der Waals surface area contributed by atoms with Crippen LogP contribution in [0, 0.1) is 0 Å². The zero-order valence-corrected chi connectivity index (χ0v) is 12.9. The molecule has 0 atom stereocenters. The SMILES string of the molecule is CCS(=O)(=O)CCCN1CCc2cc(C(C)=O)ccc21. The zero-order valence-electron chi connectivity index (χ0n) is 12.1. The lowest BCUT2D eigenvalue weighted by atomic mass is 10.1. The van der Waals surface area contributed by atoms with Crippen LogP contribution < -0.4 is 4.90 Å². The summed E-state index contributed by atoms with van der Waals surface area (Å²) >= 11 is 0. The molecule has 0 aliphatic carbocycles. The highest BCUT2D eigenvalue weighted by Crippen LogP contribution is 2.29. The fourth-order valence-corrected chi connectivity index (χ4v) is 3.40. The van der Waals surface area contributed by atoms with E-state index < -0.39 is 9.84 Å². The second kappa shape index (κ2) is 5.95. The maximum atomic E-state index is 11.5. The topological polar surface area (TPSA) is 54.5 Å². The first kappa shape index (κ1) is 15.0. The average Bonchev–Trinajstić information content (AvgIpc) is 2.81. The van der Waals surface area contributed by atoms with Gasteiger partial charge in [-0.25, -0.2) is 8.42 Å². The van der Waals surface area contributed by atoms with Gasteiger partial charge in [-0.2, -0.15) is 0 Å². The van der Waals surface area contributed by atoms with Gasteiger partial charge >= 0.3 is 0 Å². The van der Waals surface area contributed by atoms with E-state index in [1.807, 2.05) is 18.2 Å². The summed E-state index contributed by atoms with van der Waals surface area (Å²) in [7, 11) is -2.88. The van der Waals surface area contributed by atoms with Crippen LogP contribution in [-0.2, 0) is 16.3 Å². The molecule has 5 heteroatoms. The zero-order chi connectivity index (χ0) is 14.8. The minimum atomic E-state index is -2.88. The van der Waals surface area contributed by atoms with Crippen molar-refractivity contribution in [2.24, 2.45) is 0 Å². The molecule has 0 amide bonds. The van der Waals surface area contributed by atoms with Crippen LogP contribution in [0.25, 0.3) is 0 Å². The molecule has 0 unspecified atom stereocenters. The highest BCUT2D eigenvalue weighted by atomic mass is 32.2. The second-order valence-corrected chi connectivity index (χ2v) is 7.70. The Labute approximate surface area is 120 Å². The maximum absolute atomic E-state index is 11.5. The van der Waals surface area contributed by atoms with Gasteiger partial charge in [-0.1, -0.05) is 6.92 Å². The molecule has 1 aromatic rings. The van der Waals surface area contributed by atoms with Crippen molar-refractivity contribution in [1.29, 1.82) is 0 Å². The van der Waals surface area contributed by atoms with Gasteiger partial charge in [-0.05, 0) is 43.5 Å². The van der Waals surface area contributed by atoms with Crippen LogP contribution in [-0.4, -0.2) is 38.8 Å². The van der Waals surface area contributed by atoms with Crippen LogP contribution in [0.3, 0.4) is 0 Å². The van der Waals surface area contributed by atoms with Crippen LogP contribution in [0.4, 0.5) is 5.69 Å². The average molecular weight is 295 g/mol. The molecular formula is C15H21NO3S. The van der Waals surface area contributed by atoms with E-state index >= 15 is 0 Å². The van der Waals surface area contributed by atoms with Crippen molar-refractivity contribution in [2.45, 2.75) is 26.7 Å². The van der Waals surface area contributed by atoms with Gasteiger partial charge in [-0.15, -0.1) is 0 Å². The summed E-state index contributed by atoms with van der Waals surface area (Å²) in [5.74, 6) is 0.548. The van der Waals surface area contributed by atoms with Crippen molar-refractivity contribution in [3.63, 3.8) is 0 Å². The fourth-order valence-electron chi connectivity index (χ4n) is 2.54. The molecule has 1 aliphatic rings. The molecule has 1 aliphatic heterocycles. The van der Waals surface area contributed by atoms with Gasteiger partial charge in [0, 0.05) is 30.1 Å². The van der Waals surface area contributed by atoms with Gasteiger partial charge in [0.05, 0.1) is 5.75 Å². The molecule has 4 nitrogen and oxygen atoms in total. The number of rotatable bonds is 6. The second-order valence-electron chi connectivity index (χ2n) is 5.23. The summed E-state index contributed by atoms with van der Waals surface area (Å²) in [6.45, 7) is 4.92. The number of benzene rings is 1. The van der Waals surface area contributed by atoms with Gasteiger partial charge in [0.25, 0.3) is 0 Å². The monoisotopic (exact) mass is 295 g/mol. The van der Waals surface area contributed by atoms with Crippen molar-refractivity contribution in [2.75, 3.05) is 29.5 Å². The lowest BCUT2D eigenvalue weighted by Crippen LogP contribution is -2.24. The molecule has 0 saturated heterocycles.